The number of nitrogens with one attached hydrogen (secondary N) is 1. The molecule has 6 nitrogen and oxygen atoms in total. The molecule has 0 spiro atoms. The zero-order valence-electron chi connectivity index (χ0n) is 15.3. The zero-order chi connectivity index (χ0) is 19.8. The number of hydrogen-bond donors (Lipinski definition) is 2. The van der Waals surface area contributed by atoms with Gasteiger partial charge in [-0.25, -0.2) is 9.18 Å². The molecular weight excluding hydrogens is 353 g/mol. The van der Waals surface area contributed by atoms with E-state index in [1.807, 2.05) is 0 Å². The second kappa shape index (κ2) is 9.56. The first-order chi connectivity index (χ1) is 13.0. The normalized spacial score (nSPS) is 10.3. The molecule has 0 saturated carbocycles. The smallest absolute Gasteiger partial charge is 0.335 e. The van der Waals surface area contributed by atoms with E-state index >= 15 is 0 Å². The van der Waals surface area contributed by atoms with Crippen LogP contribution in [0.1, 0.15) is 27.9 Å². The van der Waals surface area contributed by atoms with Gasteiger partial charge in [-0.15, -0.1) is 0 Å². The molecule has 0 aliphatic carbocycles. The average Bonchev–Trinajstić information content (AvgIpc) is 2.67. The van der Waals surface area contributed by atoms with Crippen LogP contribution in [0, 0.1) is 5.82 Å². The van der Waals surface area contributed by atoms with Crippen molar-refractivity contribution in [3.8, 4) is 11.5 Å². The van der Waals surface area contributed by atoms with Crippen molar-refractivity contribution in [1.29, 1.82) is 0 Å². The first-order valence-corrected chi connectivity index (χ1v) is 8.44. The molecule has 0 aromatic heterocycles. The molecule has 0 saturated heterocycles. The standard InChI is InChI=1S/C20H22FNO5/c1-26-16-5-3-4-14(19(16)21)8-9-18(23)22-11-10-13-6-7-15(20(24)25)12-17(13)27-2/h3-7,12H,8-11H2,1-2H3,(H,22,23)(H,24,25). The topological polar surface area (TPSA) is 84.9 Å². The summed E-state index contributed by atoms with van der Waals surface area (Å²) in [6.45, 7) is 0.363. The lowest BCUT2D eigenvalue weighted by molar-refractivity contribution is -0.121. The van der Waals surface area contributed by atoms with Crippen LogP contribution >= 0.6 is 0 Å². The van der Waals surface area contributed by atoms with Crippen molar-refractivity contribution in [3.05, 3.63) is 58.9 Å². The Kier molecular flexibility index (Phi) is 7.16. The molecule has 7 heteroatoms. The molecule has 2 aromatic carbocycles. The van der Waals surface area contributed by atoms with Gasteiger partial charge in [-0.3, -0.25) is 4.79 Å². The lowest BCUT2D eigenvalue weighted by Gasteiger charge is -2.11. The number of methoxy groups -OCH3 is 2. The van der Waals surface area contributed by atoms with Gasteiger partial charge in [0.05, 0.1) is 19.8 Å². The Bertz CT molecular complexity index is 822. The van der Waals surface area contributed by atoms with E-state index in [0.29, 0.717) is 24.3 Å². The number of carboxylic acid groups (broad SMARTS) is 1. The molecule has 0 radical (unpaired) electrons. The summed E-state index contributed by atoms with van der Waals surface area (Å²) < 4.78 is 24.2. The van der Waals surface area contributed by atoms with Gasteiger partial charge in [-0.2, -0.15) is 0 Å². The van der Waals surface area contributed by atoms with E-state index < -0.39 is 11.8 Å². The molecule has 2 rings (SSSR count). The quantitative estimate of drug-likeness (QED) is 0.704. The lowest BCUT2D eigenvalue weighted by atomic mass is 10.1. The van der Waals surface area contributed by atoms with Gasteiger partial charge in [-0.1, -0.05) is 18.2 Å². The Labute approximate surface area is 156 Å². The summed E-state index contributed by atoms with van der Waals surface area (Å²) in [7, 11) is 2.86. The Morgan fingerprint density at radius 3 is 2.44 bits per heavy atom. The highest BCUT2D eigenvalue weighted by atomic mass is 19.1. The molecule has 2 aromatic rings. The van der Waals surface area contributed by atoms with Gasteiger partial charge < -0.3 is 19.9 Å². The van der Waals surface area contributed by atoms with E-state index in [1.54, 1.807) is 18.2 Å². The molecule has 0 fully saturated rings. The zero-order valence-corrected chi connectivity index (χ0v) is 15.3. The predicted molar refractivity (Wildman–Crippen MR) is 97.9 cm³/mol. The number of halogens is 1. The van der Waals surface area contributed by atoms with E-state index in [0.717, 1.165) is 5.56 Å². The van der Waals surface area contributed by atoms with Crippen molar-refractivity contribution >= 4 is 11.9 Å². The van der Waals surface area contributed by atoms with Crippen LogP contribution in [0.4, 0.5) is 4.39 Å². The van der Waals surface area contributed by atoms with E-state index in [4.69, 9.17) is 14.6 Å². The largest absolute Gasteiger partial charge is 0.496 e. The number of hydrogen-bond acceptors (Lipinski definition) is 4. The van der Waals surface area contributed by atoms with E-state index in [-0.39, 0.29) is 30.1 Å². The highest BCUT2D eigenvalue weighted by molar-refractivity contribution is 5.88. The van der Waals surface area contributed by atoms with Crippen molar-refractivity contribution in [2.24, 2.45) is 0 Å². The summed E-state index contributed by atoms with van der Waals surface area (Å²) in [5.41, 5.74) is 1.36. The van der Waals surface area contributed by atoms with Gasteiger partial charge >= 0.3 is 5.97 Å². The number of benzene rings is 2. The minimum Gasteiger partial charge on any atom is -0.496 e. The third-order valence-electron chi connectivity index (χ3n) is 4.14. The summed E-state index contributed by atoms with van der Waals surface area (Å²) in [6, 6.07) is 9.45. The molecule has 0 aliphatic heterocycles. The molecule has 0 aliphatic rings. The van der Waals surface area contributed by atoms with Crippen LogP contribution in [0.15, 0.2) is 36.4 Å². The molecule has 1 amide bonds. The number of carboxylic acids is 1. The summed E-state index contributed by atoms with van der Waals surface area (Å²) in [4.78, 5) is 23.0. The monoisotopic (exact) mass is 375 g/mol. The summed E-state index contributed by atoms with van der Waals surface area (Å²) in [5.74, 6) is -1.06. The van der Waals surface area contributed by atoms with E-state index in [2.05, 4.69) is 5.32 Å². The van der Waals surface area contributed by atoms with Crippen LogP contribution in [0.2, 0.25) is 0 Å². The number of amides is 1. The van der Waals surface area contributed by atoms with Crippen molar-refractivity contribution in [1.82, 2.24) is 5.32 Å². The number of carbonyl (C=O) groups excluding carboxylic acids is 1. The van der Waals surface area contributed by atoms with Crippen LogP contribution in [0.25, 0.3) is 0 Å². The van der Waals surface area contributed by atoms with Gasteiger partial charge in [-0.05, 0) is 42.2 Å². The predicted octanol–water partition coefficient (Wildman–Crippen LogP) is 2.83. The highest BCUT2D eigenvalue weighted by Gasteiger charge is 2.11. The lowest BCUT2D eigenvalue weighted by Crippen LogP contribution is -2.26. The molecule has 0 unspecified atom stereocenters. The number of carbonyl (C=O) groups is 2. The molecule has 0 bridgehead atoms. The Balaban J connectivity index is 1.85. The van der Waals surface area contributed by atoms with Crippen molar-refractivity contribution in [2.45, 2.75) is 19.3 Å². The first-order valence-electron chi connectivity index (χ1n) is 8.44. The van der Waals surface area contributed by atoms with Crippen LogP contribution in [-0.2, 0) is 17.6 Å². The SMILES string of the molecule is COc1cc(C(=O)O)ccc1CCNC(=O)CCc1cccc(OC)c1F. The Morgan fingerprint density at radius 2 is 1.78 bits per heavy atom. The Morgan fingerprint density at radius 1 is 1.04 bits per heavy atom. The third kappa shape index (κ3) is 5.44. The fourth-order valence-electron chi connectivity index (χ4n) is 2.66. The highest BCUT2D eigenvalue weighted by Crippen LogP contribution is 2.22. The van der Waals surface area contributed by atoms with Crippen molar-refractivity contribution < 1.29 is 28.6 Å². The molecule has 27 heavy (non-hydrogen) atoms. The van der Waals surface area contributed by atoms with Crippen molar-refractivity contribution in [2.75, 3.05) is 20.8 Å². The fraction of sp³-hybridized carbons (Fsp3) is 0.300. The maximum Gasteiger partial charge on any atom is 0.335 e. The summed E-state index contributed by atoms with van der Waals surface area (Å²) in [6.07, 6.45) is 0.910. The maximum absolute atomic E-state index is 14.1. The second-order valence-electron chi connectivity index (χ2n) is 5.87. The van der Waals surface area contributed by atoms with Crippen LogP contribution < -0.4 is 14.8 Å². The molecular formula is C20H22FNO5. The third-order valence-corrected chi connectivity index (χ3v) is 4.14. The van der Waals surface area contributed by atoms with E-state index in [9.17, 15) is 14.0 Å². The summed E-state index contributed by atoms with van der Waals surface area (Å²) in [5, 5.41) is 11.8. The van der Waals surface area contributed by atoms with Gasteiger partial charge in [0.15, 0.2) is 11.6 Å². The van der Waals surface area contributed by atoms with Crippen molar-refractivity contribution in [3.63, 3.8) is 0 Å². The average molecular weight is 375 g/mol. The number of aromatic carboxylic acids is 1. The second-order valence-corrected chi connectivity index (χ2v) is 5.87. The van der Waals surface area contributed by atoms with Gasteiger partial charge in [0.2, 0.25) is 5.91 Å². The molecule has 144 valence electrons. The number of ether oxygens (including phenoxy) is 2. The Hall–Kier alpha value is -3.09. The molecule has 2 N–H and O–H groups in total. The minimum absolute atomic E-state index is 0.139. The molecule has 0 heterocycles. The number of rotatable bonds is 9. The van der Waals surface area contributed by atoms with Gasteiger partial charge in [0.25, 0.3) is 0 Å². The minimum atomic E-state index is -1.03. The maximum atomic E-state index is 14.1. The van der Waals surface area contributed by atoms with Gasteiger partial charge in [0, 0.05) is 13.0 Å². The molecule has 0 atom stereocenters. The number of aryl methyl sites for hydroxylation is 1. The fourth-order valence-corrected chi connectivity index (χ4v) is 2.66. The van der Waals surface area contributed by atoms with Crippen LogP contribution in [0.3, 0.4) is 0 Å². The van der Waals surface area contributed by atoms with Crippen LogP contribution in [-0.4, -0.2) is 37.7 Å². The van der Waals surface area contributed by atoms with Gasteiger partial charge in [0.1, 0.15) is 5.75 Å². The van der Waals surface area contributed by atoms with Crippen LogP contribution in [0.5, 0.6) is 11.5 Å². The first kappa shape index (κ1) is 20.2. The summed E-state index contributed by atoms with van der Waals surface area (Å²) >= 11 is 0. The van der Waals surface area contributed by atoms with E-state index in [1.165, 1.54) is 32.4 Å².